The molecule has 0 aromatic heterocycles. The largest absolute Gasteiger partial charge is 0.497 e. The molecule has 2 amide bonds. The minimum Gasteiger partial charge on any atom is -0.497 e. The Bertz CT molecular complexity index is 807. The summed E-state index contributed by atoms with van der Waals surface area (Å²) in [5, 5.41) is 2.86. The van der Waals surface area contributed by atoms with Crippen LogP contribution in [-0.2, 0) is 16.1 Å². The Balaban J connectivity index is 2.13. The zero-order valence-electron chi connectivity index (χ0n) is 17.1. The van der Waals surface area contributed by atoms with Crippen LogP contribution < -0.4 is 14.8 Å². The number of hydrogen-bond acceptors (Lipinski definition) is 4. The number of halogens is 1. The van der Waals surface area contributed by atoms with E-state index in [1.807, 2.05) is 50.2 Å². The fourth-order valence-electron chi connectivity index (χ4n) is 2.67. The quantitative estimate of drug-likeness (QED) is 0.615. The molecule has 29 heavy (non-hydrogen) atoms. The number of rotatable bonds is 9. The fraction of sp³-hybridized carbons (Fsp3) is 0.364. The van der Waals surface area contributed by atoms with Gasteiger partial charge < -0.3 is 19.7 Å². The number of amides is 2. The Hall–Kier alpha value is -2.54. The van der Waals surface area contributed by atoms with E-state index in [0.717, 1.165) is 15.8 Å². The van der Waals surface area contributed by atoms with E-state index in [1.165, 1.54) is 4.90 Å². The highest BCUT2D eigenvalue weighted by Crippen LogP contribution is 2.18. The predicted molar refractivity (Wildman–Crippen MR) is 116 cm³/mol. The van der Waals surface area contributed by atoms with Gasteiger partial charge in [0, 0.05) is 17.1 Å². The Morgan fingerprint density at radius 1 is 1.00 bits per heavy atom. The fourth-order valence-corrected chi connectivity index (χ4v) is 2.94. The summed E-state index contributed by atoms with van der Waals surface area (Å²) in [6.07, 6.45) is 0. The van der Waals surface area contributed by atoms with Gasteiger partial charge in [0.1, 0.15) is 17.5 Å². The molecule has 1 atom stereocenters. The first-order valence-electron chi connectivity index (χ1n) is 9.41. The highest BCUT2D eigenvalue weighted by molar-refractivity contribution is 9.10. The molecule has 1 N–H and O–H groups in total. The monoisotopic (exact) mass is 462 g/mol. The molecule has 0 saturated carbocycles. The molecule has 0 aliphatic rings. The SMILES string of the molecule is COc1ccc(CN(C(=O)COc2ccc(Br)cc2)[C@H](C)C(=O)NC(C)C)cc1. The van der Waals surface area contributed by atoms with E-state index in [9.17, 15) is 9.59 Å². The van der Waals surface area contributed by atoms with Gasteiger partial charge >= 0.3 is 0 Å². The van der Waals surface area contributed by atoms with E-state index >= 15 is 0 Å². The predicted octanol–water partition coefficient (Wildman–Crippen LogP) is 3.78. The Morgan fingerprint density at radius 2 is 1.59 bits per heavy atom. The Labute approximate surface area is 180 Å². The van der Waals surface area contributed by atoms with Gasteiger partial charge in [-0.05, 0) is 62.7 Å². The highest BCUT2D eigenvalue weighted by Gasteiger charge is 2.26. The Kier molecular flexibility index (Phi) is 8.51. The van der Waals surface area contributed by atoms with Crippen LogP contribution in [0.15, 0.2) is 53.0 Å². The van der Waals surface area contributed by atoms with Crippen molar-refractivity contribution in [3.05, 3.63) is 58.6 Å². The van der Waals surface area contributed by atoms with Crippen molar-refractivity contribution in [2.75, 3.05) is 13.7 Å². The van der Waals surface area contributed by atoms with Crippen molar-refractivity contribution < 1.29 is 19.1 Å². The normalized spacial score (nSPS) is 11.7. The highest BCUT2D eigenvalue weighted by atomic mass is 79.9. The molecule has 6 nitrogen and oxygen atoms in total. The van der Waals surface area contributed by atoms with Gasteiger partial charge in [0.05, 0.1) is 7.11 Å². The van der Waals surface area contributed by atoms with Crippen molar-refractivity contribution in [3.63, 3.8) is 0 Å². The lowest BCUT2D eigenvalue weighted by Crippen LogP contribution is -2.50. The lowest BCUT2D eigenvalue weighted by molar-refractivity contribution is -0.142. The van der Waals surface area contributed by atoms with Gasteiger partial charge in [0.25, 0.3) is 5.91 Å². The van der Waals surface area contributed by atoms with Crippen molar-refractivity contribution >= 4 is 27.7 Å². The maximum Gasteiger partial charge on any atom is 0.261 e. The first-order chi connectivity index (χ1) is 13.8. The summed E-state index contributed by atoms with van der Waals surface area (Å²) in [6.45, 7) is 5.63. The van der Waals surface area contributed by atoms with Gasteiger partial charge in [0.2, 0.25) is 5.91 Å². The zero-order valence-corrected chi connectivity index (χ0v) is 18.7. The minimum absolute atomic E-state index is 0.0121. The first-order valence-corrected chi connectivity index (χ1v) is 10.2. The van der Waals surface area contributed by atoms with Gasteiger partial charge in [-0.2, -0.15) is 0 Å². The van der Waals surface area contributed by atoms with Crippen LogP contribution in [0, 0.1) is 0 Å². The molecule has 0 unspecified atom stereocenters. The van der Waals surface area contributed by atoms with E-state index in [0.29, 0.717) is 12.3 Å². The second kappa shape index (κ2) is 10.9. The molecule has 0 radical (unpaired) electrons. The summed E-state index contributed by atoms with van der Waals surface area (Å²) in [7, 11) is 1.60. The smallest absolute Gasteiger partial charge is 0.261 e. The number of nitrogens with one attached hydrogen (secondary N) is 1. The van der Waals surface area contributed by atoms with Gasteiger partial charge in [-0.3, -0.25) is 9.59 Å². The van der Waals surface area contributed by atoms with Crippen LogP contribution in [0.2, 0.25) is 0 Å². The molecule has 0 saturated heterocycles. The molecule has 0 aliphatic carbocycles. The van der Waals surface area contributed by atoms with Gasteiger partial charge in [-0.15, -0.1) is 0 Å². The number of carbonyl (C=O) groups is 2. The second-order valence-corrected chi connectivity index (χ2v) is 7.87. The summed E-state index contributed by atoms with van der Waals surface area (Å²) >= 11 is 3.37. The third-order valence-corrected chi connectivity index (χ3v) is 4.81. The lowest BCUT2D eigenvalue weighted by atomic mass is 10.1. The summed E-state index contributed by atoms with van der Waals surface area (Å²) in [4.78, 5) is 27.0. The maximum atomic E-state index is 12.9. The number of ether oxygens (including phenoxy) is 2. The topological polar surface area (TPSA) is 67.9 Å². The summed E-state index contributed by atoms with van der Waals surface area (Å²) in [5.41, 5.74) is 0.895. The average molecular weight is 463 g/mol. The number of hydrogen-bond donors (Lipinski definition) is 1. The van der Waals surface area contributed by atoms with Crippen LogP contribution in [0.4, 0.5) is 0 Å². The van der Waals surface area contributed by atoms with Crippen LogP contribution in [0.5, 0.6) is 11.5 Å². The first kappa shape index (κ1) is 22.7. The average Bonchev–Trinajstić information content (AvgIpc) is 2.70. The zero-order chi connectivity index (χ0) is 21.4. The number of methoxy groups -OCH3 is 1. The standard InChI is InChI=1S/C22H27BrN2O4/c1-15(2)24-22(27)16(3)25(13-17-5-9-19(28-4)10-6-17)21(26)14-29-20-11-7-18(23)8-12-20/h5-12,15-16H,13-14H2,1-4H3,(H,24,27)/t16-/m1/s1. The van der Waals surface area contributed by atoms with E-state index in [1.54, 1.807) is 26.2 Å². The van der Waals surface area contributed by atoms with Crippen molar-refractivity contribution in [3.8, 4) is 11.5 Å². The van der Waals surface area contributed by atoms with E-state index in [2.05, 4.69) is 21.2 Å². The molecule has 2 aromatic rings. The second-order valence-electron chi connectivity index (χ2n) is 6.95. The van der Waals surface area contributed by atoms with Crippen molar-refractivity contribution in [1.29, 1.82) is 0 Å². The molecule has 0 bridgehead atoms. The Morgan fingerprint density at radius 3 is 2.14 bits per heavy atom. The van der Waals surface area contributed by atoms with E-state index in [4.69, 9.17) is 9.47 Å². The third kappa shape index (κ3) is 7.09. The van der Waals surface area contributed by atoms with Gasteiger partial charge in [-0.1, -0.05) is 28.1 Å². The molecule has 0 fully saturated rings. The molecule has 0 aliphatic heterocycles. The molecule has 0 heterocycles. The minimum atomic E-state index is -0.638. The molecule has 7 heteroatoms. The van der Waals surface area contributed by atoms with Crippen LogP contribution >= 0.6 is 15.9 Å². The molecule has 156 valence electrons. The van der Waals surface area contributed by atoms with Gasteiger partial charge in [0.15, 0.2) is 6.61 Å². The number of nitrogens with zero attached hydrogens (tertiary/aromatic N) is 1. The molecular weight excluding hydrogens is 436 g/mol. The maximum absolute atomic E-state index is 12.9. The number of benzene rings is 2. The van der Waals surface area contributed by atoms with Crippen LogP contribution in [0.3, 0.4) is 0 Å². The molecule has 2 aromatic carbocycles. The van der Waals surface area contributed by atoms with Crippen LogP contribution in [-0.4, -0.2) is 42.5 Å². The summed E-state index contributed by atoms with van der Waals surface area (Å²) in [5.74, 6) is 0.849. The molecule has 0 spiro atoms. The summed E-state index contributed by atoms with van der Waals surface area (Å²) < 4.78 is 11.7. The van der Waals surface area contributed by atoms with Crippen molar-refractivity contribution in [2.45, 2.75) is 39.4 Å². The number of carbonyl (C=O) groups excluding carboxylic acids is 2. The van der Waals surface area contributed by atoms with E-state index < -0.39 is 6.04 Å². The summed E-state index contributed by atoms with van der Waals surface area (Å²) in [6, 6.07) is 14.0. The van der Waals surface area contributed by atoms with Crippen LogP contribution in [0.1, 0.15) is 26.3 Å². The van der Waals surface area contributed by atoms with Gasteiger partial charge in [-0.25, -0.2) is 0 Å². The van der Waals surface area contributed by atoms with Crippen LogP contribution in [0.25, 0.3) is 0 Å². The van der Waals surface area contributed by atoms with E-state index in [-0.39, 0.29) is 24.5 Å². The van der Waals surface area contributed by atoms with Crippen molar-refractivity contribution in [1.82, 2.24) is 10.2 Å². The molecule has 2 rings (SSSR count). The molecular formula is C22H27BrN2O4. The van der Waals surface area contributed by atoms with Crippen molar-refractivity contribution in [2.24, 2.45) is 0 Å². The lowest BCUT2D eigenvalue weighted by Gasteiger charge is -2.29. The third-order valence-electron chi connectivity index (χ3n) is 4.29.